The third-order valence-electron chi connectivity index (χ3n) is 4.64. The first-order valence-electron chi connectivity index (χ1n) is 5.65. The quantitative estimate of drug-likeness (QED) is 0.606. The molecule has 0 aromatic carbocycles. The monoisotopic (exact) mass is 200 g/mol. The largest absolute Gasteiger partial charge is 0.126 e. The van der Waals surface area contributed by atoms with Crippen molar-refractivity contribution in [1.82, 2.24) is 0 Å². The van der Waals surface area contributed by atoms with Crippen LogP contribution in [0.5, 0.6) is 0 Å². The van der Waals surface area contributed by atoms with Gasteiger partial charge < -0.3 is 0 Å². The molecule has 0 aromatic rings. The van der Waals surface area contributed by atoms with Crippen LogP contribution in [0, 0.1) is 29.1 Å². The molecule has 0 radical (unpaired) electrons. The number of alkyl halides is 1. The highest BCUT2D eigenvalue weighted by molar-refractivity contribution is 6.18. The molecule has 0 saturated heterocycles. The van der Waals surface area contributed by atoms with Crippen LogP contribution in [0.15, 0.2) is 0 Å². The molecule has 2 aliphatic rings. The summed E-state index contributed by atoms with van der Waals surface area (Å²) in [6, 6.07) is 0. The zero-order valence-electron chi connectivity index (χ0n) is 9.02. The lowest BCUT2D eigenvalue weighted by molar-refractivity contribution is 0.145. The van der Waals surface area contributed by atoms with Crippen molar-refractivity contribution in [2.75, 3.05) is 5.88 Å². The van der Waals surface area contributed by atoms with E-state index in [0.717, 1.165) is 29.6 Å². The Bertz CT molecular complexity index is 187. The van der Waals surface area contributed by atoms with Gasteiger partial charge in [0, 0.05) is 5.88 Å². The van der Waals surface area contributed by atoms with E-state index in [9.17, 15) is 0 Å². The van der Waals surface area contributed by atoms with Crippen LogP contribution in [0.1, 0.15) is 40.0 Å². The summed E-state index contributed by atoms with van der Waals surface area (Å²) >= 11 is 6.19. The number of halogens is 1. The van der Waals surface area contributed by atoms with Crippen molar-refractivity contribution in [2.45, 2.75) is 40.0 Å². The molecule has 2 rings (SSSR count). The van der Waals surface area contributed by atoms with Gasteiger partial charge in [-0.25, -0.2) is 0 Å². The van der Waals surface area contributed by atoms with Crippen LogP contribution in [-0.4, -0.2) is 5.88 Å². The Morgan fingerprint density at radius 3 is 2.15 bits per heavy atom. The van der Waals surface area contributed by atoms with Crippen LogP contribution in [0.3, 0.4) is 0 Å². The highest BCUT2D eigenvalue weighted by atomic mass is 35.5. The van der Waals surface area contributed by atoms with Gasteiger partial charge in [0.15, 0.2) is 0 Å². The van der Waals surface area contributed by atoms with E-state index in [-0.39, 0.29) is 0 Å². The van der Waals surface area contributed by atoms with E-state index in [2.05, 4.69) is 20.8 Å². The lowest BCUT2D eigenvalue weighted by Gasteiger charge is -2.37. The van der Waals surface area contributed by atoms with Crippen molar-refractivity contribution in [1.29, 1.82) is 0 Å². The molecule has 76 valence electrons. The second-order valence-electron chi connectivity index (χ2n) is 5.69. The summed E-state index contributed by atoms with van der Waals surface area (Å²) in [5.74, 6) is 4.59. The molecule has 1 heteroatoms. The molecule has 0 amide bonds. The standard InChI is InChI=1S/C12H21Cl/c1-8(2)9(3)12(7-13)5-10-4-11(10)6-12/h8-11H,4-7H2,1-3H3. The van der Waals surface area contributed by atoms with Gasteiger partial charge >= 0.3 is 0 Å². The van der Waals surface area contributed by atoms with E-state index in [4.69, 9.17) is 11.6 Å². The maximum absolute atomic E-state index is 6.19. The van der Waals surface area contributed by atoms with Gasteiger partial charge in [0.05, 0.1) is 0 Å². The molecular formula is C12H21Cl. The molecule has 0 nitrogen and oxygen atoms in total. The van der Waals surface area contributed by atoms with Crippen LogP contribution < -0.4 is 0 Å². The zero-order chi connectivity index (χ0) is 9.64. The van der Waals surface area contributed by atoms with E-state index < -0.39 is 0 Å². The molecule has 3 atom stereocenters. The molecule has 13 heavy (non-hydrogen) atoms. The first-order chi connectivity index (χ1) is 6.09. The lowest BCUT2D eigenvalue weighted by atomic mass is 9.69. The fourth-order valence-electron chi connectivity index (χ4n) is 3.25. The Morgan fingerprint density at radius 1 is 1.23 bits per heavy atom. The first-order valence-corrected chi connectivity index (χ1v) is 6.18. The second-order valence-corrected chi connectivity index (χ2v) is 5.96. The molecule has 0 bridgehead atoms. The van der Waals surface area contributed by atoms with Gasteiger partial charge in [0.25, 0.3) is 0 Å². The van der Waals surface area contributed by atoms with E-state index >= 15 is 0 Å². The number of fused-ring (bicyclic) bond motifs is 1. The Kier molecular flexibility index (Phi) is 2.38. The molecule has 3 unspecified atom stereocenters. The Labute approximate surface area is 87.0 Å². The van der Waals surface area contributed by atoms with E-state index in [1.165, 1.54) is 19.3 Å². The first kappa shape index (κ1) is 9.83. The minimum atomic E-state index is 0.503. The van der Waals surface area contributed by atoms with Crippen LogP contribution in [-0.2, 0) is 0 Å². The summed E-state index contributed by atoms with van der Waals surface area (Å²) in [5.41, 5.74) is 0.503. The molecule has 0 aliphatic heterocycles. The minimum absolute atomic E-state index is 0.503. The minimum Gasteiger partial charge on any atom is -0.126 e. The molecule has 0 heterocycles. The van der Waals surface area contributed by atoms with Crippen LogP contribution >= 0.6 is 11.6 Å². The predicted molar refractivity (Wildman–Crippen MR) is 58.0 cm³/mol. The van der Waals surface area contributed by atoms with Crippen LogP contribution in [0.4, 0.5) is 0 Å². The van der Waals surface area contributed by atoms with Gasteiger partial charge in [-0.05, 0) is 48.3 Å². The number of rotatable bonds is 3. The molecular weight excluding hydrogens is 180 g/mol. The van der Waals surface area contributed by atoms with Gasteiger partial charge in [0.2, 0.25) is 0 Å². The smallest absolute Gasteiger partial charge is 0.0282 e. The van der Waals surface area contributed by atoms with Crippen molar-refractivity contribution >= 4 is 11.6 Å². The SMILES string of the molecule is CC(C)C(C)C1(CCl)CC2CC2C1. The summed E-state index contributed by atoms with van der Waals surface area (Å²) in [6.45, 7) is 7.07. The highest BCUT2D eigenvalue weighted by Gasteiger charge is 2.55. The number of hydrogen-bond donors (Lipinski definition) is 0. The van der Waals surface area contributed by atoms with Gasteiger partial charge in [-0.2, -0.15) is 0 Å². The summed E-state index contributed by atoms with van der Waals surface area (Å²) < 4.78 is 0. The Balaban J connectivity index is 2.07. The molecule has 0 aromatic heterocycles. The van der Waals surface area contributed by atoms with Crippen molar-refractivity contribution in [3.8, 4) is 0 Å². The summed E-state index contributed by atoms with van der Waals surface area (Å²) in [6.07, 6.45) is 4.34. The average Bonchev–Trinajstić information content (AvgIpc) is 2.72. The highest BCUT2D eigenvalue weighted by Crippen LogP contribution is 2.63. The Hall–Kier alpha value is 0.290. The Morgan fingerprint density at radius 2 is 1.77 bits per heavy atom. The second kappa shape index (κ2) is 3.15. The maximum atomic E-state index is 6.19. The lowest BCUT2D eigenvalue weighted by Crippen LogP contribution is -2.32. The van der Waals surface area contributed by atoms with Crippen molar-refractivity contribution in [2.24, 2.45) is 29.1 Å². The van der Waals surface area contributed by atoms with Gasteiger partial charge in [-0.15, -0.1) is 11.6 Å². The summed E-state index contributed by atoms with van der Waals surface area (Å²) in [7, 11) is 0. The van der Waals surface area contributed by atoms with Gasteiger partial charge in [0.1, 0.15) is 0 Å². The van der Waals surface area contributed by atoms with E-state index in [0.29, 0.717) is 5.41 Å². The topological polar surface area (TPSA) is 0 Å². The van der Waals surface area contributed by atoms with Crippen LogP contribution in [0.25, 0.3) is 0 Å². The molecule has 2 aliphatic carbocycles. The van der Waals surface area contributed by atoms with Crippen LogP contribution in [0.2, 0.25) is 0 Å². The molecule has 0 spiro atoms. The van der Waals surface area contributed by atoms with E-state index in [1.54, 1.807) is 0 Å². The van der Waals surface area contributed by atoms with Gasteiger partial charge in [-0.3, -0.25) is 0 Å². The predicted octanol–water partition coefficient (Wildman–Crippen LogP) is 3.93. The van der Waals surface area contributed by atoms with Crippen molar-refractivity contribution < 1.29 is 0 Å². The number of hydrogen-bond acceptors (Lipinski definition) is 0. The van der Waals surface area contributed by atoms with Crippen molar-refractivity contribution in [3.05, 3.63) is 0 Å². The molecule has 2 saturated carbocycles. The zero-order valence-corrected chi connectivity index (χ0v) is 9.77. The van der Waals surface area contributed by atoms with E-state index in [1.807, 2.05) is 0 Å². The fraction of sp³-hybridized carbons (Fsp3) is 1.00. The van der Waals surface area contributed by atoms with Gasteiger partial charge in [-0.1, -0.05) is 20.8 Å². The average molecular weight is 201 g/mol. The summed E-state index contributed by atoms with van der Waals surface area (Å²) in [4.78, 5) is 0. The molecule has 2 fully saturated rings. The third-order valence-corrected chi connectivity index (χ3v) is 5.17. The third kappa shape index (κ3) is 1.52. The summed E-state index contributed by atoms with van der Waals surface area (Å²) in [5, 5.41) is 0. The normalized spacial score (nSPS) is 45.0. The fourth-order valence-corrected chi connectivity index (χ4v) is 3.71. The van der Waals surface area contributed by atoms with Crippen molar-refractivity contribution in [3.63, 3.8) is 0 Å². The maximum Gasteiger partial charge on any atom is 0.0282 e. The molecule has 0 N–H and O–H groups in total.